The van der Waals surface area contributed by atoms with Crippen molar-refractivity contribution in [1.82, 2.24) is 16.0 Å². The molecule has 20 heavy (non-hydrogen) atoms. The van der Waals surface area contributed by atoms with Crippen molar-refractivity contribution < 1.29 is 22.8 Å². The number of carbonyl (C=O) groups is 2. The predicted molar refractivity (Wildman–Crippen MR) is 67.0 cm³/mol. The van der Waals surface area contributed by atoms with Crippen LogP contribution in [0.1, 0.15) is 33.1 Å². The fourth-order valence-corrected chi connectivity index (χ4v) is 1.69. The van der Waals surface area contributed by atoms with E-state index in [-0.39, 0.29) is 5.91 Å². The van der Waals surface area contributed by atoms with Crippen molar-refractivity contribution in [2.45, 2.75) is 45.3 Å². The van der Waals surface area contributed by atoms with E-state index in [0.29, 0.717) is 13.0 Å². The van der Waals surface area contributed by atoms with Crippen molar-refractivity contribution in [2.24, 2.45) is 5.41 Å². The average Bonchev–Trinajstić information content (AvgIpc) is 2.51. The zero-order valence-electron chi connectivity index (χ0n) is 11.6. The van der Waals surface area contributed by atoms with Crippen molar-refractivity contribution in [1.29, 1.82) is 0 Å². The maximum absolute atomic E-state index is 12.6. The zero-order chi connectivity index (χ0) is 15.4. The maximum atomic E-state index is 12.6. The lowest BCUT2D eigenvalue weighted by atomic mass is 9.93. The summed E-state index contributed by atoms with van der Waals surface area (Å²) in [5.41, 5.74) is -2.02. The highest BCUT2D eigenvalue weighted by atomic mass is 19.4. The van der Waals surface area contributed by atoms with Crippen molar-refractivity contribution in [2.75, 3.05) is 13.1 Å². The Kier molecular flexibility index (Phi) is 5.24. The molecule has 0 spiro atoms. The van der Waals surface area contributed by atoms with Gasteiger partial charge in [0.25, 0.3) is 0 Å². The van der Waals surface area contributed by atoms with Crippen molar-refractivity contribution in [3.05, 3.63) is 0 Å². The van der Waals surface area contributed by atoms with Gasteiger partial charge in [0, 0.05) is 13.1 Å². The van der Waals surface area contributed by atoms with Crippen molar-refractivity contribution >= 4 is 11.9 Å². The lowest BCUT2D eigenvalue weighted by molar-refractivity contribution is -0.208. The van der Waals surface area contributed by atoms with Gasteiger partial charge in [-0.15, -0.1) is 0 Å². The summed E-state index contributed by atoms with van der Waals surface area (Å²) in [7, 11) is 0. The van der Waals surface area contributed by atoms with E-state index in [1.54, 1.807) is 0 Å². The van der Waals surface area contributed by atoms with Crippen LogP contribution in [-0.4, -0.2) is 37.2 Å². The molecule has 1 heterocycles. The summed E-state index contributed by atoms with van der Waals surface area (Å²) in [6.45, 7) is 2.02. The molecule has 8 heteroatoms. The third kappa shape index (κ3) is 4.57. The topological polar surface area (TPSA) is 70.2 Å². The first-order valence-electron chi connectivity index (χ1n) is 6.52. The van der Waals surface area contributed by atoms with Crippen LogP contribution in [0.25, 0.3) is 0 Å². The summed E-state index contributed by atoms with van der Waals surface area (Å²) < 4.78 is 37.9. The number of nitrogens with one attached hydrogen (secondary N) is 3. The summed E-state index contributed by atoms with van der Waals surface area (Å²) >= 11 is 0. The van der Waals surface area contributed by atoms with E-state index in [1.807, 2.05) is 0 Å². The van der Waals surface area contributed by atoms with E-state index in [2.05, 4.69) is 16.0 Å². The number of amides is 3. The minimum absolute atomic E-state index is 0.298. The largest absolute Gasteiger partial charge is 0.395 e. The van der Waals surface area contributed by atoms with Crippen LogP contribution in [0.3, 0.4) is 0 Å². The van der Waals surface area contributed by atoms with E-state index in [9.17, 15) is 22.8 Å². The second-order valence-corrected chi connectivity index (χ2v) is 5.55. The van der Waals surface area contributed by atoms with Gasteiger partial charge < -0.3 is 16.0 Å². The molecule has 0 unspecified atom stereocenters. The van der Waals surface area contributed by atoms with Crippen LogP contribution in [0.4, 0.5) is 18.0 Å². The van der Waals surface area contributed by atoms with Crippen LogP contribution in [0.5, 0.6) is 0 Å². The lowest BCUT2D eigenvalue weighted by Gasteiger charge is -2.28. The molecule has 1 fully saturated rings. The first-order valence-corrected chi connectivity index (χ1v) is 6.52. The van der Waals surface area contributed by atoms with E-state index < -0.39 is 30.2 Å². The molecule has 1 rings (SSSR count). The van der Waals surface area contributed by atoms with Gasteiger partial charge in [-0.2, -0.15) is 13.2 Å². The molecule has 5 nitrogen and oxygen atoms in total. The van der Waals surface area contributed by atoms with Crippen molar-refractivity contribution in [3.63, 3.8) is 0 Å². The van der Waals surface area contributed by atoms with Crippen LogP contribution in [0.2, 0.25) is 0 Å². The van der Waals surface area contributed by atoms with E-state index in [4.69, 9.17) is 0 Å². The number of halogens is 3. The Labute approximate surface area is 115 Å². The molecule has 3 N–H and O–H groups in total. The van der Waals surface area contributed by atoms with Gasteiger partial charge in [-0.05, 0) is 33.1 Å². The molecule has 1 aliphatic rings. The fourth-order valence-electron chi connectivity index (χ4n) is 1.69. The summed E-state index contributed by atoms with van der Waals surface area (Å²) in [5.74, 6) is -0.298. The van der Waals surface area contributed by atoms with Crippen LogP contribution in [0, 0.1) is 5.41 Å². The third-order valence-corrected chi connectivity index (χ3v) is 3.30. The number of hydrogen-bond donors (Lipinski definition) is 3. The Balaban J connectivity index is 2.45. The molecule has 0 aliphatic carbocycles. The zero-order valence-corrected chi connectivity index (χ0v) is 11.6. The highest BCUT2D eigenvalue weighted by molar-refractivity contribution is 5.87. The van der Waals surface area contributed by atoms with Crippen molar-refractivity contribution in [3.8, 4) is 0 Å². The van der Waals surface area contributed by atoms with E-state index in [1.165, 1.54) is 0 Å². The second kappa shape index (κ2) is 6.32. The smallest absolute Gasteiger partial charge is 0.354 e. The second-order valence-electron chi connectivity index (χ2n) is 5.55. The van der Waals surface area contributed by atoms with E-state index >= 15 is 0 Å². The molecule has 0 aromatic heterocycles. The Morgan fingerprint density at radius 1 is 1.35 bits per heavy atom. The summed E-state index contributed by atoms with van der Waals surface area (Å²) in [4.78, 5) is 23.1. The summed E-state index contributed by atoms with van der Waals surface area (Å²) in [6.07, 6.45) is -2.31. The molecule has 3 amide bonds. The predicted octanol–water partition coefficient (Wildman–Crippen LogP) is 1.54. The molecule has 0 aromatic carbocycles. The van der Waals surface area contributed by atoms with Gasteiger partial charge in [0.2, 0.25) is 5.91 Å². The first kappa shape index (κ1) is 16.6. The van der Waals surface area contributed by atoms with Gasteiger partial charge in [-0.25, -0.2) is 4.79 Å². The molecule has 116 valence electrons. The van der Waals surface area contributed by atoms with Crippen LogP contribution >= 0.6 is 0 Å². The molecule has 0 bridgehead atoms. The summed E-state index contributed by atoms with van der Waals surface area (Å²) in [6, 6.07) is -1.45. The first-order chi connectivity index (χ1) is 9.13. The number of hydrogen-bond acceptors (Lipinski definition) is 2. The molecular formula is C12H20F3N3O2. The SMILES string of the molecule is CC(C)(CNC(=O)N[C@H]1CCCCNC1=O)C(F)(F)F. The van der Waals surface area contributed by atoms with Gasteiger partial charge >= 0.3 is 12.2 Å². The normalized spacial score (nSPS) is 20.9. The maximum Gasteiger partial charge on any atom is 0.395 e. The Morgan fingerprint density at radius 2 is 2.00 bits per heavy atom. The third-order valence-electron chi connectivity index (χ3n) is 3.30. The van der Waals surface area contributed by atoms with Gasteiger partial charge in [-0.3, -0.25) is 4.79 Å². The molecule has 0 radical (unpaired) electrons. The Morgan fingerprint density at radius 3 is 2.60 bits per heavy atom. The van der Waals surface area contributed by atoms with Gasteiger partial charge in [0.1, 0.15) is 6.04 Å². The molecular weight excluding hydrogens is 275 g/mol. The quantitative estimate of drug-likeness (QED) is 0.739. The monoisotopic (exact) mass is 295 g/mol. The molecule has 1 atom stereocenters. The highest BCUT2D eigenvalue weighted by Gasteiger charge is 2.47. The Hall–Kier alpha value is -1.47. The van der Waals surface area contributed by atoms with E-state index in [0.717, 1.165) is 26.7 Å². The van der Waals surface area contributed by atoms with Crippen LogP contribution in [-0.2, 0) is 4.79 Å². The number of alkyl halides is 3. The standard InChI is InChI=1S/C12H20F3N3O2/c1-11(2,12(13,14)15)7-17-10(20)18-8-5-3-4-6-16-9(8)19/h8H,3-7H2,1-2H3,(H,16,19)(H2,17,18,20)/t8-/m0/s1. The lowest BCUT2D eigenvalue weighted by Crippen LogP contribution is -2.52. The number of urea groups is 1. The fraction of sp³-hybridized carbons (Fsp3) is 0.833. The minimum atomic E-state index is -4.40. The van der Waals surface area contributed by atoms with Gasteiger partial charge in [0.05, 0.1) is 5.41 Å². The Bertz CT molecular complexity index is 369. The minimum Gasteiger partial charge on any atom is -0.354 e. The van der Waals surface area contributed by atoms with Crippen LogP contribution in [0.15, 0.2) is 0 Å². The molecule has 0 aromatic rings. The van der Waals surface area contributed by atoms with Gasteiger partial charge in [0.15, 0.2) is 0 Å². The number of carbonyl (C=O) groups excluding carboxylic acids is 2. The van der Waals surface area contributed by atoms with Crippen LogP contribution < -0.4 is 16.0 Å². The molecule has 1 aliphatic heterocycles. The number of rotatable bonds is 3. The van der Waals surface area contributed by atoms with Gasteiger partial charge in [-0.1, -0.05) is 0 Å². The highest BCUT2D eigenvalue weighted by Crippen LogP contribution is 2.36. The average molecular weight is 295 g/mol. The summed E-state index contributed by atoms with van der Waals surface area (Å²) in [5, 5.41) is 7.21. The molecule has 0 saturated carbocycles. The molecule has 1 saturated heterocycles.